The summed E-state index contributed by atoms with van der Waals surface area (Å²) >= 11 is 0. The van der Waals surface area contributed by atoms with Crippen LogP contribution in [0.3, 0.4) is 0 Å². The van der Waals surface area contributed by atoms with E-state index in [2.05, 4.69) is 20.7 Å². The molecule has 15 nitrogen and oxygen atoms in total. The summed E-state index contributed by atoms with van der Waals surface area (Å²) in [6, 6.07) is 2.27. The Hall–Kier alpha value is -4.80. The van der Waals surface area contributed by atoms with Crippen molar-refractivity contribution in [3.8, 4) is 0 Å². The number of sulfonamides is 1. The van der Waals surface area contributed by atoms with Gasteiger partial charge >= 0.3 is 6.09 Å². The zero-order valence-corrected chi connectivity index (χ0v) is 32.6. The molecular weight excluding hydrogens is 748 g/mol. The number of halogens is 1. The molecule has 0 bridgehead atoms. The second-order valence-electron chi connectivity index (χ2n) is 16.5. The van der Waals surface area contributed by atoms with Gasteiger partial charge in [-0.3, -0.25) is 33.6 Å². The van der Waals surface area contributed by atoms with Gasteiger partial charge in [0.25, 0.3) is 16.8 Å². The molecule has 0 aromatic heterocycles. The third kappa shape index (κ3) is 7.78. The van der Waals surface area contributed by atoms with Crippen LogP contribution in [0.2, 0.25) is 0 Å². The van der Waals surface area contributed by atoms with Gasteiger partial charge in [0.2, 0.25) is 21.8 Å². The molecule has 2 aliphatic carbocycles. The van der Waals surface area contributed by atoms with Gasteiger partial charge in [0.15, 0.2) is 0 Å². The maximum Gasteiger partial charge on any atom is 0.410 e. The van der Waals surface area contributed by atoms with Crippen molar-refractivity contribution in [2.75, 3.05) is 17.2 Å². The summed E-state index contributed by atoms with van der Waals surface area (Å²) in [5.41, 5.74) is -2.52. The van der Waals surface area contributed by atoms with Crippen molar-refractivity contribution in [3.05, 3.63) is 67.7 Å². The quantitative estimate of drug-likeness (QED) is 0.215. The number of carbonyl (C=O) groups excluding carboxylic acids is 4. The molecule has 5 atom stereocenters. The van der Waals surface area contributed by atoms with Crippen LogP contribution in [0.1, 0.15) is 96.1 Å². The summed E-state index contributed by atoms with van der Waals surface area (Å²) < 4.78 is 48.2. The molecule has 3 fully saturated rings. The molecule has 4 amide bonds. The molecule has 2 saturated carbocycles. The molecule has 56 heavy (non-hydrogen) atoms. The number of nitrogens with one attached hydrogen (secondary N) is 4. The molecule has 2 aromatic rings. The number of nitrogens with zero attached hydrogens (tertiary/aromatic N) is 2. The number of hydrogen-bond acceptors (Lipinski definition) is 11. The summed E-state index contributed by atoms with van der Waals surface area (Å²) in [5.74, 6) is -3.12. The smallest absolute Gasteiger partial charge is 0.410 e. The van der Waals surface area contributed by atoms with Gasteiger partial charge in [-0.15, -0.1) is 0 Å². The van der Waals surface area contributed by atoms with Crippen LogP contribution in [0.25, 0.3) is 0 Å². The number of allylic oxidation sites excluding steroid dienone is 1. The van der Waals surface area contributed by atoms with Crippen molar-refractivity contribution in [3.63, 3.8) is 0 Å². The second kappa shape index (κ2) is 14.9. The van der Waals surface area contributed by atoms with Gasteiger partial charge in [0.05, 0.1) is 18.3 Å². The highest BCUT2D eigenvalue weighted by Gasteiger charge is 2.62. The predicted molar refractivity (Wildman–Crippen MR) is 204 cm³/mol. The SMILES string of the molecule is CCC(C)(C)Nc1c(N[C@H]2CCCCCC=C[C@@H]3C[C@@]3(C(=O)NS(=O)(=O)C3CC3)NC(=O)[C@@H]3C[C@@H](OC(=O)N4Cc5cccc(F)c5C4)CN3C2=O)c(=O)c1=O. The minimum absolute atomic E-state index is 0.0184. The van der Waals surface area contributed by atoms with E-state index in [1.54, 1.807) is 12.1 Å². The van der Waals surface area contributed by atoms with Crippen molar-refractivity contribution < 1.29 is 36.7 Å². The number of hydrogen-bond donors (Lipinski definition) is 4. The lowest BCUT2D eigenvalue weighted by Gasteiger charge is -2.32. The lowest BCUT2D eigenvalue weighted by molar-refractivity contribution is -0.140. The Morgan fingerprint density at radius 1 is 1.04 bits per heavy atom. The summed E-state index contributed by atoms with van der Waals surface area (Å²) in [6.45, 7) is 5.56. The average Bonchev–Trinajstić information content (AvgIpc) is 4.04. The first kappa shape index (κ1) is 39.4. The monoisotopic (exact) mass is 796 g/mol. The number of ether oxygens (including phenoxy) is 1. The Morgan fingerprint density at radius 2 is 1.79 bits per heavy atom. The topological polar surface area (TPSA) is 200 Å². The molecule has 1 saturated heterocycles. The van der Waals surface area contributed by atoms with Gasteiger partial charge in [-0.1, -0.05) is 44.1 Å². The van der Waals surface area contributed by atoms with E-state index in [-0.39, 0.29) is 50.3 Å². The van der Waals surface area contributed by atoms with Gasteiger partial charge in [-0.2, -0.15) is 0 Å². The fraction of sp³-hybridized carbons (Fsp3) is 0.590. The Labute approximate surface area is 324 Å². The number of benzene rings is 1. The molecule has 3 heterocycles. The van der Waals surface area contributed by atoms with Crippen molar-refractivity contribution in [2.45, 2.75) is 133 Å². The Bertz CT molecular complexity index is 2150. The van der Waals surface area contributed by atoms with Crippen molar-refractivity contribution in [1.82, 2.24) is 19.8 Å². The van der Waals surface area contributed by atoms with Crippen LogP contribution in [0, 0.1) is 11.7 Å². The average molecular weight is 797 g/mol. The number of rotatable bonds is 9. The van der Waals surface area contributed by atoms with Crippen LogP contribution in [0.15, 0.2) is 39.9 Å². The Morgan fingerprint density at radius 3 is 2.50 bits per heavy atom. The van der Waals surface area contributed by atoms with E-state index < -0.39 is 90.9 Å². The molecule has 0 spiro atoms. The Kier molecular flexibility index (Phi) is 10.5. The Balaban J connectivity index is 1.17. The van der Waals surface area contributed by atoms with Crippen LogP contribution < -0.4 is 31.5 Å². The summed E-state index contributed by atoms with van der Waals surface area (Å²) in [7, 11) is -3.95. The molecule has 0 radical (unpaired) electrons. The molecule has 17 heteroatoms. The lowest BCUT2D eigenvalue weighted by atomic mass is 9.99. The zero-order chi connectivity index (χ0) is 40.2. The first-order chi connectivity index (χ1) is 26.5. The number of anilines is 2. The summed E-state index contributed by atoms with van der Waals surface area (Å²) in [6.07, 6.45) is 6.34. The highest BCUT2D eigenvalue weighted by molar-refractivity contribution is 7.91. The minimum atomic E-state index is -3.95. The van der Waals surface area contributed by atoms with Crippen LogP contribution in [-0.2, 0) is 42.2 Å². The highest BCUT2D eigenvalue weighted by atomic mass is 32.2. The maximum absolute atomic E-state index is 14.7. The first-order valence-corrected chi connectivity index (χ1v) is 21.0. The molecule has 5 aliphatic rings. The van der Waals surface area contributed by atoms with E-state index in [4.69, 9.17) is 4.74 Å². The third-order valence-corrected chi connectivity index (χ3v) is 13.7. The van der Waals surface area contributed by atoms with Gasteiger partial charge in [-0.25, -0.2) is 17.6 Å². The maximum atomic E-state index is 14.7. The van der Waals surface area contributed by atoms with Gasteiger partial charge < -0.3 is 25.6 Å². The number of amides is 4. The van der Waals surface area contributed by atoms with Crippen LogP contribution in [0.4, 0.5) is 20.6 Å². The van der Waals surface area contributed by atoms with Gasteiger partial charge in [0.1, 0.15) is 40.9 Å². The van der Waals surface area contributed by atoms with Crippen LogP contribution >= 0.6 is 0 Å². The number of carbonyl (C=O) groups is 4. The fourth-order valence-electron chi connectivity index (χ4n) is 7.82. The largest absolute Gasteiger partial charge is 0.444 e. The highest BCUT2D eigenvalue weighted by Crippen LogP contribution is 2.46. The molecule has 7 rings (SSSR count). The van der Waals surface area contributed by atoms with Crippen LogP contribution in [0.5, 0.6) is 0 Å². The van der Waals surface area contributed by atoms with E-state index in [0.717, 1.165) is 6.42 Å². The van der Waals surface area contributed by atoms with Crippen molar-refractivity contribution in [2.24, 2.45) is 5.92 Å². The van der Waals surface area contributed by atoms with Gasteiger partial charge in [0, 0.05) is 30.0 Å². The van der Waals surface area contributed by atoms with E-state index in [9.17, 15) is 41.6 Å². The standard InChI is InChI=1S/C39H49FN6O9S/c1-4-38(2,3)42-31-30(32(47)33(31)48)41-28-14-9-7-5-6-8-12-23-18-39(23,36(51)44-56(53,54)25-15-16-25)43-34(49)29-17-24(20-46(29)35(28)50)55-37(52)45-19-22-11-10-13-27(40)26(22)21-45/h8,10-13,23-25,28-29,41-42H,4-7,9,14-21H2,1-3H3,(H,43,49)(H,44,51)/t23-,24-,28+,29+,39-/m1/s1. The van der Waals surface area contributed by atoms with Crippen molar-refractivity contribution in [1.29, 1.82) is 0 Å². The molecule has 4 N–H and O–H groups in total. The summed E-state index contributed by atoms with van der Waals surface area (Å²) in [5, 5.41) is 8.27. The van der Waals surface area contributed by atoms with Crippen LogP contribution in [-0.4, -0.2) is 83.1 Å². The fourth-order valence-corrected chi connectivity index (χ4v) is 9.19. The lowest BCUT2D eigenvalue weighted by Crippen LogP contribution is -2.57. The zero-order valence-electron chi connectivity index (χ0n) is 31.8. The van der Waals surface area contributed by atoms with E-state index >= 15 is 0 Å². The minimum Gasteiger partial charge on any atom is -0.444 e. The molecular formula is C39H49FN6O9S. The first-order valence-electron chi connectivity index (χ1n) is 19.5. The second-order valence-corrected chi connectivity index (χ2v) is 18.4. The van der Waals surface area contributed by atoms with Crippen molar-refractivity contribution >= 4 is 45.2 Å². The molecule has 3 aliphatic heterocycles. The van der Waals surface area contributed by atoms with Gasteiger partial charge in [-0.05, 0) is 70.4 Å². The van der Waals surface area contributed by atoms with E-state index in [1.165, 1.54) is 15.9 Å². The normalized spacial score (nSPS) is 27.0. The number of fused-ring (bicyclic) bond motifs is 3. The third-order valence-electron chi connectivity index (χ3n) is 11.9. The predicted octanol–water partition coefficient (Wildman–Crippen LogP) is 2.93. The van der Waals surface area contributed by atoms with E-state index in [1.807, 2.05) is 32.9 Å². The molecule has 0 unspecified atom stereocenters. The molecule has 302 valence electrons. The summed E-state index contributed by atoms with van der Waals surface area (Å²) in [4.78, 5) is 84.4. The molecule has 2 aromatic carbocycles. The van der Waals surface area contributed by atoms with E-state index in [0.29, 0.717) is 49.7 Å².